The fourth-order valence-electron chi connectivity index (χ4n) is 3.86. The van der Waals surface area contributed by atoms with E-state index in [0.29, 0.717) is 11.3 Å². The summed E-state index contributed by atoms with van der Waals surface area (Å²) in [6.45, 7) is 1.67. The van der Waals surface area contributed by atoms with E-state index < -0.39 is 30.1 Å². The zero-order valence-corrected chi connectivity index (χ0v) is 21.4. The first-order valence-corrected chi connectivity index (χ1v) is 12.2. The van der Waals surface area contributed by atoms with Crippen LogP contribution < -0.4 is 10.2 Å². The molecule has 200 valence electrons. The third-order valence-corrected chi connectivity index (χ3v) is 5.75. The molecule has 2 atom stereocenters. The summed E-state index contributed by atoms with van der Waals surface area (Å²) < 4.78 is 16.1. The summed E-state index contributed by atoms with van der Waals surface area (Å²) >= 11 is 0. The average Bonchev–Trinajstić information content (AvgIpc) is 2.94. The van der Waals surface area contributed by atoms with Crippen LogP contribution in [0.1, 0.15) is 23.6 Å². The maximum absolute atomic E-state index is 13.4. The Balaban J connectivity index is 1.94. The molecule has 9 heteroatoms. The normalized spacial score (nSPS) is 12.2. The van der Waals surface area contributed by atoms with Crippen molar-refractivity contribution in [2.75, 3.05) is 13.7 Å². The van der Waals surface area contributed by atoms with Gasteiger partial charge in [-0.05, 0) is 29.7 Å². The molecule has 3 rings (SSSR count). The Morgan fingerprint density at radius 2 is 1.45 bits per heavy atom. The second-order valence-electron chi connectivity index (χ2n) is 8.40. The number of carboxylic acid groups (broad SMARTS) is 1. The van der Waals surface area contributed by atoms with Gasteiger partial charge in [0.15, 0.2) is 6.04 Å². The number of methoxy groups -OCH3 is 1. The highest BCUT2D eigenvalue weighted by molar-refractivity contribution is 5.82. The molecule has 0 saturated heterocycles. The highest BCUT2D eigenvalue weighted by atomic mass is 16.6. The number of amides is 1. The van der Waals surface area contributed by atoms with Crippen molar-refractivity contribution in [3.63, 3.8) is 0 Å². The third kappa shape index (κ3) is 8.07. The van der Waals surface area contributed by atoms with Crippen molar-refractivity contribution in [2.45, 2.75) is 38.5 Å². The van der Waals surface area contributed by atoms with Gasteiger partial charge in [0.2, 0.25) is 0 Å². The van der Waals surface area contributed by atoms with Crippen molar-refractivity contribution in [3.8, 4) is 5.75 Å². The molecule has 3 aromatic rings. The van der Waals surface area contributed by atoms with E-state index in [4.69, 9.17) is 14.2 Å². The van der Waals surface area contributed by atoms with E-state index in [2.05, 4.69) is 5.43 Å². The summed E-state index contributed by atoms with van der Waals surface area (Å²) in [6.07, 6.45) is -0.856. The fourth-order valence-corrected chi connectivity index (χ4v) is 3.86. The van der Waals surface area contributed by atoms with Crippen molar-refractivity contribution >= 4 is 18.0 Å². The standard InChI is InChI=1S/C29H32N2O7/c1-3-37-28(34)25(18-21-12-6-4-7-13-21)31(29(35)38-20-22-14-8-5-9-15-22)30-24(27(32)33)19-23-16-10-11-17-26(23)36-2/h4-17,24-25,30H,3,18-20H2,1-2H3,(H,32,33)/t24-,25-/m0/s1. The Hall–Kier alpha value is -4.37. The molecule has 0 heterocycles. The zero-order valence-electron chi connectivity index (χ0n) is 21.4. The van der Waals surface area contributed by atoms with Gasteiger partial charge in [-0.25, -0.2) is 20.0 Å². The third-order valence-electron chi connectivity index (χ3n) is 5.75. The molecule has 9 nitrogen and oxygen atoms in total. The first-order chi connectivity index (χ1) is 18.4. The van der Waals surface area contributed by atoms with E-state index in [1.54, 1.807) is 43.3 Å². The monoisotopic (exact) mass is 520 g/mol. The number of carbonyl (C=O) groups excluding carboxylic acids is 2. The van der Waals surface area contributed by atoms with Gasteiger partial charge in [0.05, 0.1) is 13.7 Å². The number of carbonyl (C=O) groups is 3. The Kier molecular flexibility index (Phi) is 10.7. The number of para-hydroxylation sites is 1. The van der Waals surface area contributed by atoms with Gasteiger partial charge in [0.1, 0.15) is 18.4 Å². The molecular formula is C29H32N2O7. The maximum atomic E-state index is 13.4. The van der Waals surface area contributed by atoms with Crippen LogP contribution in [-0.2, 0) is 38.5 Å². The molecule has 0 aromatic heterocycles. The summed E-state index contributed by atoms with van der Waals surface area (Å²) in [5, 5.41) is 11.0. The molecule has 0 unspecified atom stereocenters. The zero-order chi connectivity index (χ0) is 27.3. The summed E-state index contributed by atoms with van der Waals surface area (Å²) in [7, 11) is 1.49. The van der Waals surface area contributed by atoms with Crippen molar-refractivity contribution in [3.05, 3.63) is 102 Å². The van der Waals surface area contributed by atoms with E-state index in [1.807, 2.05) is 48.5 Å². The lowest BCUT2D eigenvalue weighted by Gasteiger charge is -2.32. The second kappa shape index (κ2) is 14.4. The lowest BCUT2D eigenvalue weighted by molar-refractivity contribution is -0.152. The van der Waals surface area contributed by atoms with Crippen LogP contribution in [0.2, 0.25) is 0 Å². The number of rotatable bonds is 13. The van der Waals surface area contributed by atoms with Crippen LogP contribution in [0.25, 0.3) is 0 Å². The lowest BCUT2D eigenvalue weighted by Crippen LogP contribution is -2.59. The molecule has 1 amide bonds. The second-order valence-corrected chi connectivity index (χ2v) is 8.40. The van der Waals surface area contributed by atoms with Crippen LogP contribution in [-0.4, -0.2) is 53.9 Å². The van der Waals surface area contributed by atoms with Gasteiger partial charge in [-0.15, -0.1) is 0 Å². The number of benzene rings is 3. The average molecular weight is 521 g/mol. The maximum Gasteiger partial charge on any atom is 0.425 e. The summed E-state index contributed by atoms with van der Waals surface area (Å²) in [5.74, 6) is -1.41. The number of aliphatic carboxylic acids is 1. The highest BCUT2D eigenvalue weighted by Gasteiger charge is 2.36. The minimum atomic E-state index is -1.29. The number of nitrogens with zero attached hydrogens (tertiary/aromatic N) is 1. The molecule has 0 fully saturated rings. The number of nitrogens with one attached hydrogen (secondary N) is 1. The number of ether oxygens (including phenoxy) is 3. The largest absolute Gasteiger partial charge is 0.496 e. The predicted molar refractivity (Wildman–Crippen MR) is 140 cm³/mol. The molecule has 3 aromatic carbocycles. The van der Waals surface area contributed by atoms with Crippen LogP contribution in [0.4, 0.5) is 4.79 Å². The molecule has 0 aliphatic carbocycles. The van der Waals surface area contributed by atoms with Crippen molar-refractivity contribution in [1.29, 1.82) is 0 Å². The Labute approximate surface area is 221 Å². The molecule has 0 aliphatic heterocycles. The number of hydrogen-bond donors (Lipinski definition) is 2. The fraction of sp³-hybridized carbons (Fsp3) is 0.276. The summed E-state index contributed by atoms with van der Waals surface area (Å²) in [5.41, 5.74) is 4.86. The minimum absolute atomic E-state index is 0.0251. The topological polar surface area (TPSA) is 114 Å². The first kappa shape index (κ1) is 28.2. The Bertz CT molecular complexity index is 1190. The molecule has 0 aliphatic rings. The minimum Gasteiger partial charge on any atom is -0.496 e. The SMILES string of the molecule is CCOC(=O)[C@H](Cc1ccccc1)N(N[C@@H](Cc1ccccc1OC)C(=O)O)C(=O)OCc1ccccc1. The highest BCUT2D eigenvalue weighted by Crippen LogP contribution is 2.20. The van der Waals surface area contributed by atoms with Gasteiger partial charge in [-0.1, -0.05) is 78.9 Å². The molecule has 2 N–H and O–H groups in total. The van der Waals surface area contributed by atoms with E-state index in [0.717, 1.165) is 16.1 Å². The summed E-state index contributed by atoms with van der Waals surface area (Å²) in [4.78, 5) is 38.8. The number of hydrogen-bond acceptors (Lipinski definition) is 7. The van der Waals surface area contributed by atoms with Gasteiger partial charge < -0.3 is 19.3 Å². The van der Waals surface area contributed by atoms with Gasteiger partial charge in [-0.2, -0.15) is 0 Å². The van der Waals surface area contributed by atoms with Crippen molar-refractivity contribution in [2.24, 2.45) is 0 Å². The predicted octanol–water partition coefficient (Wildman–Crippen LogP) is 4.01. The molecule has 0 spiro atoms. The lowest BCUT2D eigenvalue weighted by atomic mass is 10.0. The van der Waals surface area contributed by atoms with E-state index in [1.165, 1.54) is 7.11 Å². The van der Waals surface area contributed by atoms with Crippen LogP contribution in [0, 0.1) is 0 Å². The quantitative estimate of drug-likeness (QED) is 0.257. The summed E-state index contributed by atoms with van der Waals surface area (Å²) in [6, 6.07) is 22.6. The smallest absolute Gasteiger partial charge is 0.425 e. The molecule has 0 radical (unpaired) electrons. The van der Waals surface area contributed by atoms with E-state index >= 15 is 0 Å². The van der Waals surface area contributed by atoms with Gasteiger partial charge in [0, 0.05) is 12.8 Å². The molecular weight excluding hydrogens is 488 g/mol. The Morgan fingerprint density at radius 3 is 2.05 bits per heavy atom. The van der Waals surface area contributed by atoms with Crippen LogP contribution in [0.15, 0.2) is 84.9 Å². The van der Waals surface area contributed by atoms with Crippen molar-refractivity contribution < 1.29 is 33.7 Å². The number of esters is 1. The Morgan fingerprint density at radius 1 is 0.842 bits per heavy atom. The first-order valence-electron chi connectivity index (χ1n) is 12.2. The van der Waals surface area contributed by atoms with Crippen LogP contribution in [0.5, 0.6) is 5.75 Å². The van der Waals surface area contributed by atoms with Gasteiger partial charge in [-0.3, -0.25) is 4.79 Å². The molecule has 0 saturated carbocycles. The van der Waals surface area contributed by atoms with E-state index in [-0.39, 0.29) is 26.1 Å². The molecule has 38 heavy (non-hydrogen) atoms. The number of hydrazine groups is 1. The van der Waals surface area contributed by atoms with Crippen LogP contribution in [0.3, 0.4) is 0 Å². The van der Waals surface area contributed by atoms with Crippen molar-refractivity contribution in [1.82, 2.24) is 10.4 Å². The molecule has 0 bridgehead atoms. The van der Waals surface area contributed by atoms with Crippen LogP contribution >= 0.6 is 0 Å². The van der Waals surface area contributed by atoms with E-state index in [9.17, 15) is 19.5 Å². The van der Waals surface area contributed by atoms with Gasteiger partial charge >= 0.3 is 18.0 Å². The number of carboxylic acids is 1. The van der Waals surface area contributed by atoms with Gasteiger partial charge in [0.25, 0.3) is 0 Å².